The molecule has 0 amide bonds. The number of benzene rings is 2. The van der Waals surface area contributed by atoms with Crippen molar-refractivity contribution in [1.29, 1.82) is 0 Å². The highest BCUT2D eigenvalue weighted by atomic mass is 19.4. The van der Waals surface area contributed by atoms with E-state index in [4.69, 9.17) is 5.73 Å². The average molecular weight is 293 g/mol. The molecule has 0 saturated carbocycles. The van der Waals surface area contributed by atoms with Gasteiger partial charge in [0.15, 0.2) is 0 Å². The van der Waals surface area contributed by atoms with E-state index >= 15 is 0 Å². The maximum Gasteiger partial charge on any atom is 0.416 e. The molecule has 0 spiro atoms. The molecule has 0 aromatic heterocycles. The van der Waals surface area contributed by atoms with Crippen molar-refractivity contribution in [1.82, 2.24) is 0 Å². The third-order valence-electron chi connectivity index (χ3n) is 3.76. The zero-order valence-electron chi connectivity index (χ0n) is 12.0. The second-order valence-corrected chi connectivity index (χ2v) is 5.30. The Morgan fingerprint density at radius 2 is 1.71 bits per heavy atom. The van der Waals surface area contributed by atoms with Crippen LogP contribution >= 0.6 is 0 Å². The lowest BCUT2D eigenvalue weighted by Crippen LogP contribution is -2.15. The molecule has 1 atom stereocenters. The van der Waals surface area contributed by atoms with E-state index in [9.17, 15) is 13.2 Å². The van der Waals surface area contributed by atoms with Crippen molar-refractivity contribution in [2.24, 2.45) is 5.73 Å². The van der Waals surface area contributed by atoms with E-state index in [1.165, 1.54) is 12.1 Å². The number of halogens is 3. The Balaban J connectivity index is 2.24. The second kappa shape index (κ2) is 5.90. The van der Waals surface area contributed by atoms with Gasteiger partial charge in [-0.15, -0.1) is 0 Å². The van der Waals surface area contributed by atoms with Crippen LogP contribution in [-0.2, 0) is 12.6 Å². The highest BCUT2D eigenvalue weighted by Crippen LogP contribution is 2.30. The second-order valence-electron chi connectivity index (χ2n) is 5.30. The lowest BCUT2D eigenvalue weighted by atomic mass is 9.93. The van der Waals surface area contributed by atoms with Gasteiger partial charge in [0, 0.05) is 6.04 Å². The minimum Gasteiger partial charge on any atom is -0.324 e. The summed E-state index contributed by atoms with van der Waals surface area (Å²) in [4.78, 5) is 0. The summed E-state index contributed by atoms with van der Waals surface area (Å²) >= 11 is 0. The van der Waals surface area contributed by atoms with Gasteiger partial charge in [-0.1, -0.05) is 36.4 Å². The fraction of sp³-hybridized carbons (Fsp3) is 0.294. The number of hydrogen-bond acceptors (Lipinski definition) is 1. The van der Waals surface area contributed by atoms with Crippen LogP contribution in [0.5, 0.6) is 0 Å². The first kappa shape index (κ1) is 15.6. The molecule has 0 fully saturated rings. The van der Waals surface area contributed by atoms with Crippen LogP contribution in [0, 0.1) is 13.8 Å². The maximum atomic E-state index is 12.7. The van der Waals surface area contributed by atoms with Gasteiger partial charge in [-0.05, 0) is 48.6 Å². The van der Waals surface area contributed by atoms with Crippen molar-refractivity contribution in [3.63, 3.8) is 0 Å². The molecule has 0 aliphatic carbocycles. The number of rotatable bonds is 3. The Hall–Kier alpha value is -1.81. The first-order valence-corrected chi connectivity index (χ1v) is 6.77. The number of aryl methyl sites for hydroxylation is 1. The predicted molar refractivity (Wildman–Crippen MR) is 78.0 cm³/mol. The van der Waals surface area contributed by atoms with E-state index in [0.717, 1.165) is 22.8 Å². The summed E-state index contributed by atoms with van der Waals surface area (Å²) in [6, 6.07) is 10.9. The molecule has 21 heavy (non-hydrogen) atoms. The molecule has 112 valence electrons. The fourth-order valence-corrected chi connectivity index (χ4v) is 2.41. The van der Waals surface area contributed by atoms with Crippen LogP contribution in [0.2, 0.25) is 0 Å². The molecule has 0 aliphatic heterocycles. The summed E-state index contributed by atoms with van der Waals surface area (Å²) in [5, 5.41) is 0. The Kier molecular flexibility index (Phi) is 4.37. The molecule has 2 N–H and O–H groups in total. The molecule has 0 aliphatic rings. The van der Waals surface area contributed by atoms with Gasteiger partial charge >= 0.3 is 6.18 Å². The predicted octanol–water partition coefficient (Wildman–Crippen LogP) is 4.56. The smallest absolute Gasteiger partial charge is 0.324 e. The zero-order chi connectivity index (χ0) is 15.6. The average Bonchev–Trinajstić information content (AvgIpc) is 2.41. The van der Waals surface area contributed by atoms with Crippen LogP contribution in [-0.4, -0.2) is 0 Å². The summed E-state index contributed by atoms with van der Waals surface area (Å²) in [6.45, 7) is 3.98. The van der Waals surface area contributed by atoms with Crippen LogP contribution in [0.3, 0.4) is 0 Å². The van der Waals surface area contributed by atoms with Gasteiger partial charge in [-0.25, -0.2) is 0 Å². The minimum absolute atomic E-state index is 0.312. The molecule has 1 unspecified atom stereocenters. The minimum atomic E-state index is -4.32. The number of hydrogen-bond donors (Lipinski definition) is 1. The standard InChI is InChI=1S/C17H18F3N/c1-11-5-3-8-15(12(11)2)16(21)10-13-6-4-7-14(9-13)17(18,19)20/h3-9,16H,10,21H2,1-2H3. The highest BCUT2D eigenvalue weighted by molar-refractivity contribution is 5.36. The summed E-state index contributed by atoms with van der Waals surface area (Å²) in [6.07, 6.45) is -3.94. The van der Waals surface area contributed by atoms with E-state index < -0.39 is 11.7 Å². The zero-order valence-corrected chi connectivity index (χ0v) is 12.0. The Labute approximate surface area is 122 Å². The van der Waals surface area contributed by atoms with Gasteiger partial charge in [0.2, 0.25) is 0 Å². The lowest BCUT2D eigenvalue weighted by Gasteiger charge is -2.17. The molecule has 0 radical (unpaired) electrons. The van der Waals surface area contributed by atoms with Gasteiger partial charge < -0.3 is 5.73 Å². The molecule has 2 aromatic rings. The van der Waals surface area contributed by atoms with Crippen LogP contribution in [0.25, 0.3) is 0 Å². The van der Waals surface area contributed by atoms with E-state index in [1.54, 1.807) is 6.07 Å². The monoisotopic (exact) mass is 293 g/mol. The summed E-state index contributed by atoms with van der Waals surface area (Å²) in [5.41, 5.74) is 9.34. The first-order valence-electron chi connectivity index (χ1n) is 6.77. The topological polar surface area (TPSA) is 26.0 Å². The van der Waals surface area contributed by atoms with Gasteiger partial charge in [0.1, 0.15) is 0 Å². The molecule has 0 saturated heterocycles. The highest BCUT2D eigenvalue weighted by Gasteiger charge is 2.30. The van der Waals surface area contributed by atoms with Crippen LogP contribution < -0.4 is 5.73 Å². The number of alkyl halides is 3. The fourth-order valence-electron chi connectivity index (χ4n) is 2.41. The quantitative estimate of drug-likeness (QED) is 0.881. The van der Waals surface area contributed by atoms with E-state index in [-0.39, 0.29) is 6.04 Å². The van der Waals surface area contributed by atoms with Crippen LogP contribution in [0.15, 0.2) is 42.5 Å². The summed E-state index contributed by atoms with van der Waals surface area (Å²) in [5.74, 6) is 0. The van der Waals surface area contributed by atoms with Crippen LogP contribution in [0.1, 0.15) is 33.9 Å². The molecule has 0 heterocycles. The SMILES string of the molecule is Cc1cccc(C(N)Cc2cccc(C(F)(F)F)c2)c1C. The largest absolute Gasteiger partial charge is 0.416 e. The van der Waals surface area contributed by atoms with Gasteiger partial charge in [0.25, 0.3) is 0 Å². The third-order valence-corrected chi connectivity index (χ3v) is 3.76. The van der Waals surface area contributed by atoms with Crippen molar-refractivity contribution in [3.8, 4) is 0 Å². The van der Waals surface area contributed by atoms with Crippen LogP contribution in [0.4, 0.5) is 13.2 Å². The lowest BCUT2D eigenvalue weighted by molar-refractivity contribution is -0.137. The van der Waals surface area contributed by atoms with E-state index in [1.807, 2.05) is 32.0 Å². The Morgan fingerprint density at radius 1 is 1.05 bits per heavy atom. The Bertz CT molecular complexity index is 632. The molecule has 2 aromatic carbocycles. The molecule has 4 heteroatoms. The normalized spacial score (nSPS) is 13.2. The molecular formula is C17H18F3N. The maximum absolute atomic E-state index is 12.7. The van der Waals surface area contributed by atoms with Crippen molar-refractivity contribution < 1.29 is 13.2 Å². The molecule has 2 rings (SSSR count). The van der Waals surface area contributed by atoms with E-state index in [0.29, 0.717) is 12.0 Å². The van der Waals surface area contributed by atoms with Gasteiger partial charge in [-0.3, -0.25) is 0 Å². The Morgan fingerprint density at radius 3 is 2.38 bits per heavy atom. The molecule has 1 nitrogen and oxygen atoms in total. The molecular weight excluding hydrogens is 275 g/mol. The van der Waals surface area contributed by atoms with E-state index in [2.05, 4.69) is 0 Å². The van der Waals surface area contributed by atoms with Crippen molar-refractivity contribution in [2.75, 3.05) is 0 Å². The molecule has 0 bridgehead atoms. The summed E-state index contributed by atoms with van der Waals surface area (Å²) in [7, 11) is 0. The summed E-state index contributed by atoms with van der Waals surface area (Å²) < 4.78 is 38.1. The van der Waals surface area contributed by atoms with Gasteiger partial charge in [-0.2, -0.15) is 13.2 Å². The number of nitrogens with two attached hydrogens (primary N) is 1. The third kappa shape index (κ3) is 3.64. The first-order chi connectivity index (χ1) is 9.79. The van der Waals surface area contributed by atoms with Crippen molar-refractivity contribution >= 4 is 0 Å². The van der Waals surface area contributed by atoms with Crippen molar-refractivity contribution in [3.05, 3.63) is 70.3 Å². The van der Waals surface area contributed by atoms with Gasteiger partial charge in [0.05, 0.1) is 5.56 Å². The van der Waals surface area contributed by atoms with Crippen molar-refractivity contribution in [2.45, 2.75) is 32.5 Å².